The van der Waals surface area contributed by atoms with Crippen molar-refractivity contribution in [2.75, 3.05) is 25.9 Å². The topological polar surface area (TPSA) is 57.7 Å². The lowest BCUT2D eigenvalue weighted by atomic mass is 10.0. The number of amides is 1. The monoisotopic (exact) mass is 368 g/mol. The summed E-state index contributed by atoms with van der Waals surface area (Å²) in [4.78, 5) is 14.5. The molecule has 3 rings (SSSR count). The number of piperidine rings is 1. The molecule has 25 heavy (non-hydrogen) atoms. The fraction of sp³-hybridized carbons (Fsp3) is 0.611. The quantitative estimate of drug-likeness (QED) is 0.801. The predicted molar refractivity (Wildman–Crippen MR) is 94.1 cm³/mol. The molecule has 2 unspecified atom stereocenters. The van der Waals surface area contributed by atoms with E-state index in [-0.39, 0.29) is 29.6 Å². The molecule has 1 aliphatic carbocycles. The van der Waals surface area contributed by atoms with Crippen molar-refractivity contribution in [3.63, 3.8) is 0 Å². The molecular formula is C18H25FN2O3S. The zero-order valence-electron chi connectivity index (χ0n) is 14.7. The standard InChI is InChI=1S/C18H25FN2O3S/c1-3-21(25(2,23)24)15-8-10-20(11-9-15)18(22)17-12-16(17)13-4-6-14(19)7-5-13/h4-7,15-17H,3,8-12H2,1-2H3. The molecule has 1 aromatic rings. The molecule has 1 heterocycles. The van der Waals surface area contributed by atoms with Crippen LogP contribution in [0.2, 0.25) is 0 Å². The molecule has 1 saturated carbocycles. The molecule has 1 aliphatic heterocycles. The first kappa shape index (κ1) is 18.3. The number of hydrogen-bond acceptors (Lipinski definition) is 3. The Balaban J connectivity index is 1.55. The van der Waals surface area contributed by atoms with Crippen molar-refractivity contribution in [1.29, 1.82) is 0 Å². The van der Waals surface area contributed by atoms with E-state index >= 15 is 0 Å². The Hall–Kier alpha value is -1.47. The molecule has 1 amide bonds. The highest BCUT2D eigenvalue weighted by atomic mass is 32.2. The maximum Gasteiger partial charge on any atom is 0.226 e. The zero-order valence-corrected chi connectivity index (χ0v) is 15.5. The van der Waals surface area contributed by atoms with E-state index in [2.05, 4.69) is 0 Å². The van der Waals surface area contributed by atoms with Crippen LogP contribution >= 0.6 is 0 Å². The average molecular weight is 368 g/mol. The summed E-state index contributed by atoms with van der Waals surface area (Å²) in [5, 5.41) is 0. The van der Waals surface area contributed by atoms with E-state index in [4.69, 9.17) is 0 Å². The molecule has 5 nitrogen and oxygen atoms in total. The van der Waals surface area contributed by atoms with E-state index < -0.39 is 10.0 Å². The third kappa shape index (κ3) is 4.03. The molecule has 1 saturated heterocycles. The van der Waals surface area contributed by atoms with Crippen LogP contribution in [0.5, 0.6) is 0 Å². The maximum atomic E-state index is 13.0. The van der Waals surface area contributed by atoms with Crippen LogP contribution < -0.4 is 0 Å². The first-order valence-corrected chi connectivity index (χ1v) is 10.7. The third-order valence-corrected chi connectivity index (χ3v) is 6.74. The number of likely N-dealkylation sites (tertiary alicyclic amines) is 1. The second-order valence-corrected chi connectivity index (χ2v) is 8.96. The molecule has 1 aromatic carbocycles. The van der Waals surface area contributed by atoms with E-state index in [1.54, 1.807) is 12.1 Å². The van der Waals surface area contributed by atoms with Gasteiger partial charge in [0.1, 0.15) is 5.82 Å². The fourth-order valence-electron chi connectivity index (χ4n) is 3.92. The molecule has 0 radical (unpaired) electrons. The van der Waals surface area contributed by atoms with E-state index in [1.165, 1.54) is 22.7 Å². The summed E-state index contributed by atoms with van der Waals surface area (Å²) in [6.45, 7) is 3.51. The number of carbonyl (C=O) groups is 1. The van der Waals surface area contributed by atoms with Crippen LogP contribution in [-0.2, 0) is 14.8 Å². The van der Waals surface area contributed by atoms with Crippen LogP contribution in [0.4, 0.5) is 4.39 Å². The Morgan fingerprint density at radius 2 is 1.84 bits per heavy atom. The van der Waals surface area contributed by atoms with Crippen molar-refractivity contribution in [2.45, 2.75) is 38.1 Å². The lowest BCUT2D eigenvalue weighted by Crippen LogP contribution is -2.48. The van der Waals surface area contributed by atoms with Gasteiger partial charge in [0.15, 0.2) is 0 Å². The minimum Gasteiger partial charge on any atom is -0.342 e. The molecule has 0 N–H and O–H groups in total. The molecule has 0 spiro atoms. The summed E-state index contributed by atoms with van der Waals surface area (Å²) < 4.78 is 38.2. The van der Waals surface area contributed by atoms with E-state index in [0.717, 1.165) is 12.0 Å². The molecule has 2 aliphatic rings. The van der Waals surface area contributed by atoms with E-state index in [1.807, 2.05) is 11.8 Å². The number of sulfonamides is 1. The summed E-state index contributed by atoms with van der Waals surface area (Å²) in [6.07, 6.45) is 3.42. The van der Waals surface area contributed by atoms with Crippen LogP contribution in [0.3, 0.4) is 0 Å². The number of benzene rings is 1. The Bertz CT molecular complexity index is 727. The Kier molecular flexibility index (Phi) is 5.16. The van der Waals surface area contributed by atoms with Gasteiger partial charge in [0.2, 0.25) is 15.9 Å². The van der Waals surface area contributed by atoms with Crippen LogP contribution in [0.1, 0.15) is 37.7 Å². The van der Waals surface area contributed by atoms with Gasteiger partial charge in [-0.2, -0.15) is 4.31 Å². The van der Waals surface area contributed by atoms with Gasteiger partial charge in [-0.25, -0.2) is 12.8 Å². The average Bonchev–Trinajstić information content (AvgIpc) is 3.35. The van der Waals surface area contributed by atoms with Gasteiger partial charge in [0.25, 0.3) is 0 Å². The van der Waals surface area contributed by atoms with Crippen molar-refractivity contribution in [1.82, 2.24) is 9.21 Å². The van der Waals surface area contributed by atoms with Gasteiger partial charge in [-0.1, -0.05) is 19.1 Å². The van der Waals surface area contributed by atoms with Crippen molar-refractivity contribution < 1.29 is 17.6 Å². The highest BCUT2D eigenvalue weighted by Gasteiger charge is 2.46. The van der Waals surface area contributed by atoms with Gasteiger partial charge < -0.3 is 4.90 Å². The molecule has 7 heteroatoms. The van der Waals surface area contributed by atoms with Crippen LogP contribution in [0.15, 0.2) is 24.3 Å². The SMILES string of the molecule is CCN(C1CCN(C(=O)C2CC2c2ccc(F)cc2)CC1)S(C)(=O)=O. The predicted octanol–water partition coefficient (Wildman–Crippen LogP) is 2.20. The smallest absolute Gasteiger partial charge is 0.226 e. The number of rotatable bonds is 5. The first-order chi connectivity index (χ1) is 11.8. The van der Waals surface area contributed by atoms with Gasteiger partial charge in [0, 0.05) is 31.6 Å². The largest absolute Gasteiger partial charge is 0.342 e. The zero-order chi connectivity index (χ0) is 18.2. The molecule has 0 aromatic heterocycles. The lowest BCUT2D eigenvalue weighted by Gasteiger charge is -2.37. The number of halogens is 1. The van der Waals surface area contributed by atoms with Gasteiger partial charge in [-0.3, -0.25) is 4.79 Å². The first-order valence-electron chi connectivity index (χ1n) is 8.82. The Labute approximate surface area is 148 Å². The summed E-state index contributed by atoms with van der Waals surface area (Å²) >= 11 is 0. The van der Waals surface area contributed by atoms with Gasteiger partial charge in [-0.15, -0.1) is 0 Å². The summed E-state index contributed by atoms with van der Waals surface area (Å²) in [5.74, 6) is 0.0593. The highest BCUT2D eigenvalue weighted by Crippen LogP contribution is 2.48. The van der Waals surface area contributed by atoms with Crippen molar-refractivity contribution in [3.05, 3.63) is 35.6 Å². The van der Waals surface area contributed by atoms with E-state index in [0.29, 0.717) is 32.5 Å². The van der Waals surface area contributed by atoms with Gasteiger partial charge >= 0.3 is 0 Å². The number of carbonyl (C=O) groups excluding carboxylic acids is 1. The minimum absolute atomic E-state index is 0.0146. The normalized spacial score (nSPS) is 24.6. The second-order valence-electron chi connectivity index (χ2n) is 7.02. The van der Waals surface area contributed by atoms with Crippen LogP contribution in [0.25, 0.3) is 0 Å². The van der Waals surface area contributed by atoms with Crippen molar-refractivity contribution in [3.8, 4) is 0 Å². The molecule has 0 bridgehead atoms. The van der Waals surface area contributed by atoms with Gasteiger partial charge in [-0.05, 0) is 42.9 Å². The second kappa shape index (κ2) is 7.03. The maximum absolute atomic E-state index is 13.0. The number of hydrogen-bond donors (Lipinski definition) is 0. The molecular weight excluding hydrogens is 343 g/mol. The lowest BCUT2D eigenvalue weighted by molar-refractivity contribution is -0.134. The summed E-state index contributed by atoms with van der Waals surface area (Å²) in [6, 6.07) is 6.36. The molecule has 2 fully saturated rings. The van der Waals surface area contributed by atoms with Crippen molar-refractivity contribution in [2.24, 2.45) is 5.92 Å². The molecule has 138 valence electrons. The minimum atomic E-state index is -3.21. The van der Waals surface area contributed by atoms with E-state index in [9.17, 15) is 17.6 Å². The van der Waals surface area contributed by atoms with Gasteiger partial charge in [0.05, 0.1) is 6.26 Å². The van der Waals surface area contributed by atoms with Crippen molar-refractivity contribution >= 4 is 15.9 Å². The van der Waals surface area contributed by atoms with Crippen LogP contribution in [0, 0.1) is 11.7 Å². The summed E-state index contributed by atoms with van der Waals surface area (Å²) in [7, 11) is -3.21. The highest BCUT2D eigenvalue weighted by molar-refractivity contribution is 7.88. The Morgan fingerprint density at radius 3 is 2.36 bits per heavy atom. The third-order valence-electron chi connectivity index (χ3n) is 5.33. The fourth-order valence-corrected chi connectivity index (χ4v) is 5.14. The Morgan fingerprint density at radius 1 is 1.24 bits per heavy atom. The van der Waals surface area contributed by atoms with Crippen LogP contribution in [-0.4, -0.2) is 55.5 Å². The number of nitrogens with zero attached hydrogens (tertiary/aromatic N) is 2. The summed E-state index contributed by atoms with van der Waals surface area (Å²) in [5.41, 5.74) is 1.02. The molecule has 2 atom stereocenters.